The molecule has 0 aliphatic heterocycles. The van der Waals surface area contributed by atoms with Gasteiger partial charge in [0.1, 0.15) is 0 Å². The van der Waals surface area contributed by atoms with Gasteiger partial charge in [-0.25, -0.2) is 0 Å². The highest BCUT2D eigenvalue weighted by Gasteiger charge is 2.09. The smallest absolute Gasteiger partial charge is 0.222 e. The minimum atomic E-state index is -0.459. The average molecular weight is 185 g/mol. The lowest BCUT2D eigenvalue weighted by atomic mass is 10.1. The van der Waals surface area contributed by atoms with Gasteiger partial charge in [0.2, 0.25) is 12.2 Å². The van der Waals surface area contributed by atoms with E-state index in [1.807, 2.05) is 0 Å². The second-order valence-corrected chi connectivity index (χ2v) is 2.88. The van der Waals surface area contributed by atoms with Crippen LogP contribution >= 0.6 is 0 Å². The molecule has 0 heterocycles. The Kier molecular flexibility index (Phi) is 7.20. The maximum absolute atomic E-state index is 10.9. The molecule has 0 saturated heterocycles. The molecule has 0 aliphatic carbocycles. The van der Waals surface area contributed by atoms with Crippen LogP contribution in [0.15, 0.2) is 0 Å². The van der Waals surface area contributed by atoms with Crippen molar-refractivity contribution in [2.45, 2.75) is 38.6 Å². The van der Waals surface area contributed by atoms with Gasteiger partial charge in [-0.05, 0) is 25.8 Å². The summed E-state index contributed by atoms with van der Waals surface area (Å²) >= 11 is 0. The molecule has 0 aromatic heterocycles. The van der Waals surface area contributed by atoms with Crippen molar-refractivity contribution in [1.29, 1.82) is 0 Å². The largest absolute Gasteiger partial charge is 0.346 e. The Morgan fingerprint density at radius 1 is 1.54 bits per heavy atom. The molecular weight excluding hydrogens is 168 g/mol. The molecule has 75 valence electrons. The summed E-state index contributed by atoms with van der Waals surface area (Å²) in [4.78, 5) is 21.3. The van der Waals surface area contributed by atoms with Crippen LogP contribution in [0.4, 0.5) is 0 Å². The lowest BCUT2D eigenvalue weighted by Gasteiger charge is -2.10. The molecule has 0 spiro atoms. The van der Waals surface area contributed by atoms with Crippen LogP contribution in [0, 0.1) is 0 Å². The van der Waals surface area contributed by atoms with Gasteiger partial charge >= 0.3 is 0 Å². The molecule has 0 bridgehead atoms. The standard InChI is InChI=1S/C9H17N2O2/c1-2-9(13)11-8(7-12)5-3-4-6-10/h8H,2-6,10H2,1H3,(H,11,13)/t8-/m0/s1. The summed E-state index contributed by atoms with van der Waals surface area (Å²) in [6, 6.07) is -0.459. The molecule has 3 N–H and O–H groups in total. The average Bonchev–Trinajstić information content (AvgIpc) is 2.16. The minimum Gasteiger partial charge on any atom is -0.346 e. The Labute approximate surface area is 78.9 Å². The Bertz CT molecular complexity index is 160. The molecule has 4 heteroatoms. The molecule has 13 heavy (non-hydrogen) atoms. The van der Waals surface area contributed by atoms with Gasteiger partial charge in [0, 0.05) is 6.42 Å². The summed E-state index contributed by atoms with van der Waals surface area (Å²) in [6.07, 6.45) is 4.56. The van der Waals surface area contributed by atoms with E-state index in [0.29, 0.717) is 19.4 Å². The molecule has 0 fully saturated rings. The number of rotatable bonds is 7. The summed E-state index contributed by atoms with van der Waals surface area (Å²) in [5, 5.41) is 2.57. The van der Waals surface area contributed by atoms with Gasteiger partial charge in [-0.15, -0.1) is 0 Å². The molecule has 0 aromatic rings. The van der Waals surface area contributed by atoms with Crippen molar-refractivity contribution in [1.82, 2.24) is 5.32 Å². The maximum atomic E-state index is 10.9. The van der Waals surface area contributed by atoms with Crippen molar-refractivity contribution >= 4 is 12.2 Å². The molecule has 0 unspecified atom stereocenters. The van der Waals surface area contributed by atoms with Crippen molar-refractivity contribution in [2.75, 3.05) is 6.54 Å². The van der Waals surface area contributed by atoms with Crippen molar-refractivity contribution in [2.24, 2.45) is 5.73 Å². The number of nitrogens with one attached hydrogen (secondary N) is 1. The zero-order valence-corrected chi connectivity index (χ0v) is 8.01. The number of amides is 1. The maximum Gasteiger partial charge on any atom is 0.222 e. The van der Waals surface area contributed by atoms with Gasteiger partial charge in [0.25, 0.3) is 0 Å². The van der Waals surface area contributed by atoms with Gasteiger partial charge < -0.3 is 11.1 Å². The van der Waals surface area contributed by atoms with Crippen LogP contribution in [0.2, 0.25) is 0 Å². The van der Waals surface area contributed by atoms with E-state index in [0.717, 1.165) is 12.8 Å². The summed E-state index contributed by atoms with van der Waals surface area (Å²) in [5.41, 5.74) is 5.30. The van der Waals surface area contributed by atoms with Crippen LogP contribution in [0.25, 0.3) is 0 Å². The number of nitrogens with two attached hydrogens (primary N) is 1. The highest BCUT2D eigenvalue weighted by Crippen LogP contribution is 1.98. The van der Waals surface area contributed by atoms with Gasteiger partial charge in [-0.1, -0.05) is 6.92 Å². The van der Waals surface area contributed by atoms with Crippen LogP contribution < -0.4 is 11.1 Å². The first kappa shape index (κ1) is 12.1. The van der Waals surface area contributed by atoms with Crippen molar-refractivity contribution in [3.63, 3.8) is 0 Å². The van der Waals surface area contributed by atoms with E-state index in [-0.39, 0.29) is 5.91 Å². The third-order valence-electron chi connectivity index (χ3n) is 1.75. The third-order valence-corrected chi connectivity index (χ3v) is 1.75. The lowest BCUT2D eigenvalue weighted by Crippen LogP contribution is -2.35. The number of carbonyl (C=O) groups is 1. The third kappa shape index (κ3) is 6.28. The quantitative estimate of drug-likeness (QED) is 0.553. The molecule has 1 amide bonds. The first-order valence-electron chi connectivity index (χ1n) is 4.61. The molecule has 0 rings (SSSR count). The molecule has 0 saturated carbocycles. The zero-order valence-electron chi connectivity index (χ0n) is 8.01. The molecule has 0 aliphatic rings. The van der Waals surface area contributed by atoms with Crippen molar-refractivity contribution in [3.05, 3.63) is 0 Å². The Morgan fingerprint density at radius 2 is 2.23 bits per heavy atom. The minimum absolute atomic E-state index is 0.110. The number of unbranched alkanes of at least 4 members (excludes halogenated alkanes) is 1. The van der Waals surface area contributed by atoms with E-state index in [9.17, 15) is 9.59 Å². The van der Waals surface area contributed by atoms with Crippen LogP contribution in [0.3, 0.4) is 0 Å². The summed E-state index contributed by atoms with van der Waals surface area (Å²) in [6.45, 7) is 2.37. The molecular formula is C9H17N2O2. The molecule has 0 aromatic carbocycles. The second-order valence-electron chi connectivity index (χ2n) is 2.88. The van der Waals surface area contributed by atoms with Crippen molar-refractivity contribution < 1.29 is 9.59 Å². The SMILES string of the molecule is CCC(=O)N[C@H]([C]=O)CCCCN. The molecule has 1 atom stereocenters. The summed E-state index contributed by atoms with van der Waals surface area (Å²) in [5.74, 6) is -0.110. The first-order valence-corrected chi connectivity index (χ1v) is 4.61. The van der Waals surface area contributed by atoms with Crippen LogP contribution in [0.5, 0.6) is 0 Å². The number of hydrogen-bond acceptors (Lipinski definition) is 3. The normalized spacial score (nSPS) is 12.2. The predicted molar refractivity (Wildman–Crippen MR) is 50.8 cm³/mol. The Balaban J connectivity index is 3.62. The van der Waals surface area contributed by atoms with E-state index in [1.54, 1.807) is 13.2 Å². The van der Waals surface area contributed by atoms with E-state index in [2.05, 4.69) is 5.32 Å². The Morgan fingerprint density at radius 3 is 2.69 bits per heavy atom. The summed E-state index contributed by atoms with van der Waals surface area (Å²) < 4.78 is 0. The highest BCUT2D eigenvalue weighted by molar-refractivity contribution is 5.79. The molecule has 4 nitrogen and oxygen atoms in total. The van der Waals surface area contributed by atoms with E-state index in [4.69, 9.17) is 5.73 Å². The van der Waals surface area contributed by atoms with Gasteiger partial charge in [0.05, 0.1) is 6.04 Å². The zero-order chi connectivity index (χ0) is 10.1. The van der Waals surface area contributed by atoms with E-state index >= 15 is 0 Å². The monoisotopic (exact) mass is 185 g/mol. The topological polar surface area (TPSA) is 72.2 Å². The predicted octanol–water partition coefficient (Wildman–Crippen LogP) is 0.120. The van der Waals surface area contributed by atoms with Crippen molar-refractivity contribution in [3.8, 4) is 0 Å². The van der Waals surface area contributed by atoms with Crippen LogP contribution in [-0.4, -0.2) is 24.8 Å². The fraction of sp³-hybridized carbons (Fsp3) is 0.778. The second kappa shape index (κ2) is 7.73. The van der Waals surface area contributed by atoms with Gasteiger partial charge in [-0.3, -0.25) is 9.59 Å². The van der Waals surface area contributed by atoms with Gasteiger partial charge in [0.15, 0.2) is 0 Å². The van der Waals surface area contributed by atoms with Crippen LogP contribution in [-0.2, 0) is 9.59 Å². The molecule has 1 radical (unpaired) electrons. The lowest BCUT2D eigenvalue weighted by molar-refractivity contribution is -0.121. The summed E-state index contributed by atoms with van der Waals surface area (Å²) in [7, 11) is 0. The van der Waals surface area contributed by atoms with Crippen LogP contribution in [0.1, 0.15) is 32.6 Å². The number of carbonyl (C=O) groups excluding carboxylic acids is 2. The first-order chi connectivity index (χ1) is 6.24. The highest BCUT2D eigenvalue weighted by atomic mass is 16.2. The number of hydrogen-bond donors (Lipinski definition) is 2. The Hall–Kier alpha value is -0.900. The van der Waals surface area contributed by atoms with E-state index < -0.39 is 6.04 Å². The van der Waals surface area contributed by atoms with E-state index in [1.165, 1.54) is 0 Å². The van der Waals surface area contributed by atoms with Gasteiger partial charge in [-0.2, -0.15) is 0 Å². The fourth-order valence-electron chi connectivity index (χ4n) is 0.950. The fourth-order valence-corrected chi connectivity index (χ4v) is 0.950.